The zero-order valence-corrected chi connectivity index (χ0v) is 26.3. The van der Waals surface area contributed by atoms with Gasteiger partial charge < -0.3 is 4.18 Å². The van der Waals surface area contributed by atoms with Crippen molar-refractivity contribution in [2.45, 2.75) is 124 Å². The van der Waals surface area contributed by atoms with Gasteiger partial charge in [0.2, 0.25) is 0 Å². The first-order valence-corrected chi connectivity index (χ1v) is 17.2. The van der Waals surface area contributed by atoms with Crippen molar-refractivity contribution in [1.82, 2.24) is 0 Å². The van der Waals surface area contributed by atoms with Crippen molar-refractivity contribution in [2.24, 2.45) is 0 Å². The Morgan fingerprint density at radius 3 is 1.89 bits per heavy atom. The van der Waals surface area contributed by atoms with E-state index in [1.54, 1.807) is 0 Å². The quantitative estimate of drug-likeness (QED) is 0.0484. The molecule has 0 aliphatic heterocycles. The van der Waals surface area contributed by atoms with Gasteiger partial charge in [-0.1, -0.05) is 76.3 Å². The van der Waals surface area contributed by atoms with Crippen LogP contribution < -0.4 is 0 Å². The topological polar surface area (TPSA) is 127 Å². The Bertz CT molecular complexity index is 842. The minimum Gasteiger partial charge on any atom is -0.369 e. The maximum atomic E-state index is 11.4. The van der Waals surface area contributed by atoms with Crippen molar-refractivity contribution in [1.29, 1.82) is 0 Å². The molecular formula is C22H39Cl5O8S2. The van der Waals surface area contributed by atoms with Gasteiger partial charge in [-0.05, 0) is 32.1 Å². The summed E-state index contributed by atoms with van der Waals surface area (Å²) in [6, 6.07) is 0. The summed E-state index contributed by atoms with van der Waals surface area (Å²) in [6.07, 6.45) is 10.7. The lowest BCUT2D eigenvalue weighted by Crippen LogP contribution is -2.41. The molecule has 5 unspecified atom stereocenters. The van der Waals surface area contributed by atoms with Gasteiger partial charge >= 0.3 is 20.8 Å². The zero-order valence-electron chi connectivity index (χ0n) is 20.9. The smallest absolute Gasteiger partial charge is 0.369 e. The van der Waals surface area contributed by atoms with Crippen molar-refractivity contribution < 1.29 is 34.3 Å². The van der Waals surface area contributed by atoms with Crippen molar-refractivity contribution in [3.63, 3.8) is 0 Å². The van der Waals surface area contributed by atoms with Crippen LogP contribution in [0, 0.1) is 0 Å². The Balaban J connectivity index is 4.39. The molecule has 0 aromatic heterocycles. The fourth-order valence-corrected chi connectivity index (χ4v) is 6.33. The minimum absolute atomic E-state index is 0.200. The van der Waals surface area contributed by atoms with Crippen molar-refractivity contribution >= 4 is 78.8 Å². The fraction of sp³-hybridized carbons (Fsp3) is 0.909. The first-order valence-electron chi connectivity index (χ1n) is 12.4. The molecule has 37 heavy (non-hydrogen) atoms. The minimum atomic E-state index is -4.79. The number of halogens is 5. The molecule has 5 atom stereocenters. The van der Waals surface area contributed by atoms with Gasteiger partial charge in [0.1, 0.15) is 12.4 Å². The third-order valence-corrected chi connectivity index (χ3v) is 8.62. The van der Waals surface area contributed by atoms with Crippen molar-refractivity contribution in [3.05, 3.63) is 11.3 Å². The molecule has 0 aliphatic carbocycles. The van der Waals surface area contributed by atoms with E-state index in [2.05, 4.69) is 11.1 Å². The standard InChI is InChI=1S/C22H39Cl5O8S2/c1-2-3-4-11-14-19(25)21(27)22(35-37(31,32)33)20(26)15-17(23)12-9-7-5-6-8-10-13-18(24)16-34-36(28,29)30/h16-17,19-22H,2-15H2,1H3,(H,28,29,30)(H,31,32,33). The molecule has 0 saturated heterocycles. The summed E-state index contributed by atoms with van der Waals surface area (Å²) in [4.78, 5) is 0. The van der Waals surface area contributed by atoms with E-state index in [1.807, 2.05) is 0 Å². The molecule has 0 aromatic carbocycles. The summed E-state index contributed by atoms with van der Waals surface area (Å²) in [6.45, 7) is 2.09. The summed E-state index contributed by atoms with van der Waals surface area (Å²) in [5.74, 6) is 0. The van der Waals surface area contributed by atoms with E-state index in [1.165, 1.54) is 0 Å². The largest absolute Gasteiger partial charge is 0.445 e. The Labute approximate surface area is 247 Å². The van der Waals surface area contributed by atoms with Crippen LogP contribution in [-0.2, 0) is 29.2 Å². The zero-order chi connectivity index (χ0) is 28.5. The molecule has 0 saturated carbocycles. The molecular weight excluding hydrogens is 634 g/mol. The van der Waals surface area contributed by atoms with E-state index < -0.39 is 43.0 Å². The molecule has 2 N–H and O–H groups in total. The van der Waals surface area contributed by atoms with E-state index in [-0.39, 0.29) is 16.8 Å². The summed E-state index contributed by atoms with van der Waals surface area (Å²) in [7, 11) is -9.33. The van der Waals surface area contributed by atoms with Gasteiger partial charge in [0, 0.05) is 5.38 Å². The average Bonchev–Trinajstić information content (AvgIpc) is 2.78. The second-order valence-corrected chi connectivity index (χ2v) is 13.7. The van der Waals surface area contributed by atoms with E-state index in [9.17, 15) is 21.4 Å². The number of hydrogen-bond donors (Lipinski definition) is 2. The van der Waals surface area contributed by atoms with Crippen LogP contribution >= 0.6 is 58.0 Å². The van der Waals surface area contributed by atoms with Crippen molar-refractivity contribution in [3.8, 4) is 0 Å². The molecule has 15 heteroatoms. The van der Waals surface area contributed by atoms with E-state index in [0.717, 1.165) is 70.5 Å². The molecule has 222 valence electrons. The Hall–Kier alpha value is 0.770. The molecule has 0 amide bonds. The number of allylic oxidation sites excluding steroid dienone is 1. The second-order valence-electron chi connectivity index (χ2n) is 8.90. The van der Waals surface area contributed by atoms with Crippen LogP contribution in [0.1, 0.15) is 96.8 Å². The Morgan fingerprint density at radius 1 is 0.784 bits per heavy atom. The highest BCUT2D eigenvalue weighted by atomic mass is 35.5. The van der Waals surface area contributed by atoms with Gasteiger partial charge in [0.15, 0.2) is 0 Å². The number of unbranched alkanes of at least 4 members (excludes halogenated alkanes) is 8. The predicted molar refractivity (Wildman–Crippen MR) is 152 cm³/mol. The Kier molecular flexibility index (Phi) is 21.0. The first kappa shape index (κ1) is 37.8. The second kappa shape index (κ2) is 20.6. The van der Waals surface area contributed by atoms with E-state index >= 15 is 0 Å². The molecule has 0 fully saturated rings. The van der Waals surface area contributed by atoms with Crippen LogP contribution in [0.15, 0.2) is 11.3 Å². The lowest BCUT2D eigenvalue weighted by Gasteiger charge is -2.29. The lowest BCUT2D eigenvalue weighted by molar-refractivity contribution is 0.165. The first-order chi connectivity index (χ1) is 17.2. The molecule has 0 spiro atoms. The lowest BCUT2D eigenvalue weighted by atomic mass is 10.00. The van der Waals surface area contributed by atoms with Gasteiger partial charge in [-0.15, -0.1) is 46.4 Å². The molecule has 0 rings (SSSR count). The van der Waals surface area contributed by atoms with Crippen LogP contribution in [0.3, 0.4) is 0 Å². The molecule has 8 nitrogen and oxygen atoms in total. The van der Waals surface area contributed by atoms with Crippen molar-refractivity contribution in [2.75, 3.05) is 0 Å². The normalized spacial score (nSPS) is 17.2. The monoisotopic (exact) mass is 670 g/mol. The van der Waals surface area contributed by atoms with E-state index in [0.29, 0.717) is 19.3 Å². The Morgan fingerprint density at radius 2 is 1.32 bits per heavy atom. The summed E-state index contributed by atoms with van der Waals surface area (Å²) >= 11 is 31.5. The van der Waals surface area contributed by atoms with Gasteiger partial charge in [-0.25, -0.2) is 4.18 Å². The highest BCUT2D eigenvalue weighted by molar-refractivity contribution is 7.81. The van der Waals surface area contributed by atoms with Crippen LogP contribution in [-0.4, -0.2) is 53.6 Å². The van der Waals surface area contributed by atoms with Crippen LogP contribution in [0.2, 0.25) is 0 Å². The highest BCUT2D eigenvalue weighted by Crippen LogP contribution is 2.30. The van der Waals surface area contributed by atoms with E-state index in [4.69, 9.17) is 66.7 Å². The summed E-state index contributed by atoms with van der Waals surface area (Å²) in [5.41, 5.74) is 0. The molecule has 0 radical (unpaired) electrons. The van der Waals surface area contributed by atoms with Crippen LogP contribution in [0.5, 0.6) is 0 Å². The van der Waals surface area contributed by atoms with Crippen LogP contribution in [0.25, 0.3) is 0 Å². The number of rotatable bonds is 23. The molecule has 0 aromatic rings. The maximum absolute atomic E-state index is 11.4. The van der Waals surface area contributed by atoms with Crippen LogP contribution in [0.4, 0.5) is 0 Å². The molecule has 0 heterocycles. The average molecular weight is 673 g/mol. The summed E-state index contributed by atoms with van der Waals surface area (Å²) in [5, 5.41) is -2.53. The molecule has 0 bridgehead atoms. The van der Waals surface area contributed by atoms with Gasteiger partial charge in [0.25, 0.3) is 0 Å². The third kappa shape index (κ3) is 22.2. The predicted octanol–water partition coefficient (Wildman–Crippen LogP) is 7.98. The summed E-state index contributed by atoms with van der Waals surface area (Å²) < 4.78 is 70.3. The third-order valence-electron chi connectivity index (χ3n) is 5.54. The maximum Gasteiger partial charge on any atom is 0.445 e. The van der Waals surface area contributed by atoms with Gasteiger partial charge in [-0.2, -0.15) is 16.8 Å². The number of alkyl halides is 4. The fourth-order valence-electron chi connectivity index (χ4n) is 3.62. The van der Waals surface area contributed by atoms with Gasteiger partial charge in [0.05, 0.1) is 21.2 Å². The van der Waals surface area contributed by atoms with Gasteiger partial charge in [-0.3, -0.25) is 9.11 Å². The molecule has 0 aliphatic rings. The number of hydrogen-bond acceptors (Lipinski definition) is 6. The highest BCUT2D eigenvalue weighted by Gasteiger charge is 2.36. The SMILES string of the molecule is CCCCCCC(Cl)C(Cl)C(OS(=O)(=O)O)C(Cl)CC(Cl)CCCCCCCCC(Cl)=COS(=O)(=O)O.